The highest BCUT2D eigenvalue weighted by Crippen LogP contribution is 2.29. The minimum atomic E-state index is -0.634. The molecule has 0 bridgehead atoms. The zero-order valence-corrected chi connectivity index (χ0v) is 18.9. The van der Waals surface area contributed by atoms with Crippen LogP contribution in [0.1, 0.15) is 0 Å². The highest BCUT2D eigenvalue weighted by Gasteiger charge is 2.33. The van der Waals surface area contributed by atoms with Gasteiger partial charge in [-0.1, -0.05) is 0 Å². The average molecular weight is 485 g/mol. The van der Waals surface area contributed by atoms with Crippen LogP contribution in [0.25, 0.3) is 11.1 Å². The van der Waals surface area contributed by atoms with Crippen molar-refractivity contribution < 1.29 is 28.2 Å². The molecule has 3 amide bonds. The molecule has 1 fully saturated rings. The molecule has 1 atom stereocenters. The molecular weight excluding hydrogens is 461 g/mol. The van der Waals surface area contributed by atoms with E-state index in [-0.39, 0.29) is 25.5 Å². The first-order valence-corrected chi connectivity index (χ1v) is 10.8. The number of aromatic nitrogens is 1. The second-order valence-corrected chi connectivity index (χ2v) is 7.70. The SMILES string of the molecule is COC(=O)NCC1CN(c2ccc(-c3ccc(N4C=NN(C(=O)CN)CC4)nc3)c(F)c2)C(=O)O1. The first-order valence-electron chi connectivity index (χ1n) is 10.8. The van der Waals surface area contributed by atoms with Crippen molar-refractivity contribution in [3.63, 3.8) is 0 Å². The minimum absolute atomic E-state index is 0.0799. The maximum atomic E-state index is 15.0. The number of nitrogens with zero attached hydrogens (tertiary/aromatic N) is 5. The number of alkyl carbamates (subject to hydrolysis) is 1. The Morgan fingerprint density at radius 1 is 1.29 bits per heavy atom. The highest BCUT2D eigenvalue weighted by molar-refractivity contribution is 5.90. The van der Waals surface area contributed by atoms with Crippen molar-refractivity contribution in [1.29, 1.82) is 0 Å². The van der Waals surface area contributed by atoms with Crippen LogP contribution in [-0.2, 0) is 14.3 Å². The largest absolute Gasteiger partial charge is 0.453 e. The molecule has 184 valence electrons. The Hall–Kier alpha value is -4.26. The van der Waals surface area contributed by atoms with Gasteiger partial charge >= 0.3 is 12.2 Å². The summed E-state index contributed by atoms with van der Waals surface area (Å²) in [5.74, 6) is -0.198. The van der Waals surface area contributed by atoms with Crippen LogP contribution < -0.4 is 20.9 Å². The number of hydrazone groups is 1. The molecule has 1 aromatic carbocycles. The van der Waals surface area contributed by atoms with Gasteiger partial charge in [-0.2, -0.15) is 5.10 Å². The van der Waals surface area contributed by atoms with Crippen molar-refractivity contribution in [3.8, 4) is 11.1 Å². The molecule has 1 aromatic heterocycles. The molecule has 13 heteroatoms. The standard InChI is InChI=1S/C22H24FN7O5/c1-34-21(32)26-11-16-12-29(22(33)35-16)15-3-4-17(18(23)8-15)14-2-5-19(25-10-14)28-6-7-30(27-13-28)20(31)9-24/h2-5,8,10,13,16H,6-7,9,11-12,24H2,1H3,(H,26,32). The van der Waals surface area contributed by atoms with Gasteiger partial charge in [-0.3, -0.25) is 9.69 Å². The summed E-state index contributed by atoms with van der Waals surface area (Å²) in [6, 6.07) is 7.88. The topological polar surface area (TPSA) is 143 Å². The van der Waals surface area contributed by atoms with Crippen molar-refractivity contribution in [3.05, 3.63) is 42.3 Å². The van der Waals surface area contributed by atoms with E-state index in [2.05, 4.69) is 20.1 Å². The van der Waals surface area contributed by atoms with Gasteiger partial charge in [-0.05, 0) is 30.3 Å². The van der Waals surface area contributed by atoms with Gasteiger partial charge in [0.1, 0.15) is 24.1 Å². The third-order valence-corrected chi connectivity index (χ3v) is 5.50. The van der Waals surface area contributed by atoms with Crippen molar-refractivity contribution in [2.24, 2.45) is 10.8 Å². The Bertz CT molecular complexity index is 1140. The molecule has 0 spiro atoms. The third-order valence-electron chi connectivity index (χ3n) is 5.50. The molecule has 2 aliphatic rings. The Labute approximate surface area is 200 Å². The molecule has 2 aromatic rings. The van der Waals surface area contributed by atoms with Gasteiger partial charge in [0, 0.05) is 23.9 Å². The van der Waals surface area contributed by atoms with E-state index in [9.17, 15) is 18.8 Å². The van der Waals surface area contributed by atoms with Gasteiger partial charge < -0.3 is 25.4 Å². The summed E-state index contributed by atoms with van der Waals surface area (Å²) in [6.45, 7) is 0.998. The van der Waals surface area contributed by atoms with Gasteiger partial charge in [0.2, 0.25) is 0 Å². The zero-order valence-electron chi connectivity index (χ0n) is 18.9. The van der Waals surface area contributed by atoms with Crippen LogP contribution in [0.3, 0.4) is 0 Å². The van der Waals surface area contributed by atoms with Crippen molar-refractivity contribution in [2.45, 2.75) is 6.10 Å². The predicted molar refractivity (Wildman–Crippen MR) is 124 cm³/mol. The lowest BCUT2D eigenvalue weighted by Gasteiger charge is -2.27. The van der Waals surface area contributed by atoms with Gasteiger partial charge in [0.05, 0.1) is 39.0 Å². The molecule has 0 aliphatic carbocycles. The number of hydrogen-bond acceptors (Lipinski definition) is 9. The van der Waals surface area contributed by atoms with E-state index < -0.39 is 24.1 Å². The number of amides is 3. The molecule has 3 N–H and O–H groups in total. The van der Waals surface area contributed by atoms with E-state index in [0.29, 0.717) is 35.7 Å². The number of rotatable bonds is 6. The number of nitrogens with two attached hydrogens (primary N) is 1. The molecule has 0 saturated carbocycles. The molecule has 2 aliphatic heterocycles. The maximum absolute atomic E-state index is 15.0. The van der Waals surface area contributed by atoms with E-state index in [4.69, 9.17) is 10.5 Å². The van der Waals surface area contributed by atoms with Crippen LogP contribution in [-0.4, -0.2) is 80.4 Å². The van der Waals surface area contributed by atoms with Gasteiger partial charge in [0.15, 0.2) is 0 Å². The number of cyclic esters (lactones) is 1. The molecule has 35 heavy (non-hydrogen) atoms. The van der Waals surface area contributed by atoms with Gasteiger partial charge in [-0.15, -0.1) is 0 Å². The van der Waals surface area contributed by atoms with Crippen LogP contribution in [0.5, 0.6) is 0 Å². The summed E-state index contributed by atoms with van der Waals surface area (Å²) < 4.78 is 24.7. The van der Waals surface area contributed by atoms with Crippen LogP contribution in [0.15, 0.2) is 41.6 Å². The second kappa shape index (κ2) is 10.3. The average Bonchev–Trinajstić information content (AvgIpc) is 3.27. The zero-order chi connectivity index (χ0) is 24.9. The molecular formula is C22H24FN7O5. The number of hydrogen-bond donors (Lipinski definition) is 2. The number of pyridine rings is 1. The number of carbonyl (C=O) groups excluding carboxylic acids is 3. The molecule has 1 saturated heterocycles. The molecule has 0 radical (unpaired) electrons. The number of ether oxygens (including phenoxy) is 2. The summed E-state index contributed by atoms with van der Waals surface area (Å²) in [5, 5.41) is 7.84. The number of benzene rings is 1. The van der Waals surface area contributed by atoms with E-state index in [0.717, 1.165) is 0 Å². The third kappa shape index (κ3) is 5.30. The Kier molecular flexibility index (Phi) is 7.06. The summed E-state index contributed by atoms with van der Waals surface area (Å²) in [6.07, 6.45) is 1.19. The van der Waals surface area contributed by atoms with E-state index >= 15 is 0 Å². The monoisotopic (exact) mass is 485 g/mol. The number of nitrogens with one attached hydrogen (secondary N) is 1. The summed E-state index contributed by atoms with van der Waals surface area (Å²) in [4.78, 5) is 42.5. The lowest BCUT2D eigenvalue weighted by molar-refractivity contribution is -0.129. The normalized spacial score (nSPS) is 17.4. The first-order chi connectivity index (χ1) is 16.9. The number of methoxy groups -OCH3 is 1. The van der Waals surface area contributed by atoms with Crippen molar-refractivity contribution in [2.75, 3.05) is 49.6 Å². The second-order valence-electron chi connectivity index (χ2n) is 7.70. The molecule has 3 heterocycles. The minimum Gasteiger partial charge on any atom is -0.453 e. The van der Waals surface area contributed by atoms with E-state index in [1.807, 2.05) is 0 Å². The van der Waals surface area contributed by atoms with E-state index in [1.165, 1.54) is 35.6 Å². The fraction of sp³-hybridized carbons (Fsp3) is 0.318. The maximum Gasteiger partial charge on any atom is 0.414 e. The number of carbonyl (C=O) groups is 3. The fourth-order valence-electron chi connectivity index (χ4n) is 3.64. The molecule has 1 unspecified atom stereocenters. The first kappa shape index (κ1) is 23.9. The van der Waals surface area contributed by atoms with Gasteiger partial charge in [-0.25, -0.2) is 24.0 Å². The highest BCUT2D eigenvalue weighted by atomic mass is 19.1. The van der Waals surface area contributed by atoms with Crippen LogP contribution in [0, 0.1) is 5.82 Å². The Morgan fingerprint density at radius 3 is 2.74 bits per heavy atom. The van der Waals surface area contributed by atoms with E-state index in [1.54, 1.807) is 29.2 Å². The smallest absolute Gasteiger partial charge is 0.414 e. The Morgan fingerprint density at radius 2 is 2.11 bits per heavy atom. The quantitative estimate of drug-likeness (QED) is 0.620. The molecule has 12 nitrogen and oxygen atoms in total. The summed E-state index contributed by atoms with van der Waals surface area (Å²) in [7, 11) is 1.23. The van der Waals surface area contributed by atoms with Gasteiger partial charge in [0.25, 0.3) is 5.91 Å². The van der Waals surface area contributed by atoms with Crippen LogP contribution in [0.4, 0.5) is 25.5 Å². The number of anilines is 2. The van der Waals surface area contributed by atoms with Crippen LogP contribution in [0.2, 0.25) is 0 Å². The number of halogens is 1. The summed E-state index contributed by atoms with van der Waals surface area (Å²) in [5.41, 5.74) is 6.56. The molecule has 4 rings (SSSR count). The van der Waals surface area contributed by atoms with Crippen molar-refractivity contribution >= 4 is 35.9 Å². The van der Waals surface area contributed by atoms with Crippen molar-refractivity contribution in [1.82, 2.24) is 15.3 Å². The fourth-order valence-corrected chi connectivity index (χ4v) is 3.64. The predicted octanol–water partition coefficient (Wildman–Crippen LogP) is 1.12. The lowest BCUT2D eigenvalue weighted by Crippen LogP contribution is -2.43. The summed E-state index contributed by atoms with van der Waals surface area (Å²) >= 11 is 0. The lowest BCUT2D eigenvalue weighted by atomic mass is 10.1. The van der Waals surface area contributed by atoms with Crippen LogP contribution >= 0.6 is 0 Å². The Balaban J connectivity index is 1.42.